The van der Waals surface area contributed by atoms with Crippen molar-refractivity contribution in [3.8, 4) is 5.75 Å². The standard InChI is InChI=1S/C19H22FN3O2/c1-25-16-6-4-5-15(13-16)21-19(24)14-22-9-11-23(12-10-22)18-8-3-2-7-17(18)20/h2-8,13H,9-12,14H2,1H3,(H,21,24)/p+1. The molecule has 1 aliphatic heterocycles. The minimum absolute atomic E-state index is 0.0254. The molecule has 1 aliphatic rings. The number of para-hydroxylation sites is 1. The maximum absolute atomic E-state index is 13.9. The molecule has 0 saturated carbocycles. The number of benzene rings is 2. The van der Waals surface area contributed by atoms with Crippen molar-refractivity contribution >= 4 is 17.3 Å². The number of halogens is 1. The molecule has 3 rings (SSSR count). The Bertz CT molecular complexity index is 730. The highest BCUT2D eigenvalue weighted by Gasteiger charge is 2.23. The minimum Gasteiger partial charge on any atom is -0.497 e. The summed E-state index contributed by atoms with van der Waals surface area (Å²) in [6, 6.07) is 14.1. The number of quaternary nitrogens is 1. The normalized spacial score (nSPS) is 15.0. The van der Waals surface area contributed by atoms with Gasteiger partial charge in [0.25, 0.3) is 5.91 Å². The fraction of sp³-hybridized carbons (Fsp3) is 0.316. The molecule has 0 radical (unpaired) electrons. The van der Waals surface area contributed by atoms with Gasteiger partial charge in [-0.1, -0.05) is 18.2 Å². The number of hydrogen-bond donors (Lipinski definition) is 2. The molecule has 2 N–H and O–H groups in total. The van der Waals surface area contributed by atoms with E-state index in [0.717, 1.165) is 31.9 Å². The lowest BCUT2D eigenvalue weighted by molar-refractivity contribution is -0.892. The summed E-state index contributed by atoms with van der Waals surface area (Å²) in [6.07, 6.45) is 0. The molecule has 2 aromatic rings. The Morgan fingerprint density at radius 2 is 1.96 bits per heavy atom. The zero-order valence-electron chi connectivity index (χ0n) is 14.3. The number of ether oxygens (including phenoxy) is 1. The van der Waals surface area contributed by atoms with Crippen molar-refractivity contribution in [2.24, 2.45) is 0 Å². The van der Waals surface area contributed by atoms with Gasteiger partial charge in [-0.25, -0.2) is 4.39 Å². The van der Waals surface area contributed by atoms with Gasteiger partial charge in [0, 0.05) is 11.8 Å². The first-order valence-electron chi connectivity index (χ1n) is 8.42. The summed E-state index contributed by atoms with van der Waals surface area (Å²) in [6.45, 7) is 3.49. The van der Waals surface area contributed by atoms with E-state index < -0.39 is 0 Å². The number of piperazine rings is 1. The average Bonchev–Trinajstić information content (AvgIpc) is 2.63. The number of anilines is 2. The third-order valence-corrected chi connectivity index (χ3v) is 4.43. The molecule has 132 valence electrons. The quantitative estimate of drug-likeness (QED) is 0.856. The van der Waals surface area contributed by atoms with Crippen LogP contribution in [0.4, 0.5) is 15.8 Å². The lowest BCUT2D eigenvalue weighted by atomic mass is 10.2. The van der Waals surface area contributed by atoms with Crippen LogP contribution in [0.5, 0.6) is 5.75 Å². The highest BCUT2D eigenvalue weighted by atomic mass is 19.1. The molecule has 1 saturated heterocycles. The Morgan fingerprint density at radius 3 is 2.68 bits per heavy atom. The van der Waals surface area contributed by atoms with Crippen molar-refractivity contribution < 1.29 is 18.8 Å². The van der Waals surface area contributed by atoms with Crippen LogP contribution >= 0.6 is 0 Å². The van der Waals surface area contributed by atoms with Crippen LogP contribution < -0.4 is 19.9 Å². The number of nitrogens with zero attached hydrogens (tertiary/aromatic N) is 1. The second-order valence-electron chi connectivity index (χ2n) is 6.15. The van der Waals surface area contributed by atoms with Gasteiger partial charge >= 0.3 is 0 Å². The second-order valence-corrected chi connectivity index (χ2v) is 6.15. The molecular formula is C19H23FN3O2+. The molecule has 2 aromatic carbocycles. The molecule has 1 amide bonds. The Morgan fingerprint density at radius 1 is 1.20 bits per heavy atom. The van der Waals surface area contributed by atoms with Crippen molar-refractivity contribution in [1.29, 1.82) is 0 Å². The summed E-state index contributed by atoms with van der Waals surface area (Å²) in [5.41, 5.74) is 1.37. The number of carbonyl (C=O) groups excluding carboxylic acids is 1. The van der Waals surface area contributed by atoms with Crippen LogP contribution in [0.15, 0.2) is 48.5 Å². The maximum atomic E-state index is 13.9. The number of carbonyl (C=O) groups is 1. The SMILES string of the molecule is COc1cccc(NC(=O)C[NH+]2CCN(c3ccccc3F)CC2)c1. The van der Waals surface area contributed by atoms with E-state index >= 15 is 0 Å². The van der Waals surface area contributed by atoms with E-state index in [-0.39, 0.29) is 11.7 Å². The highest BCUT2D eigenvalue weighted by Crippen LogP contribution is 2.18. The summed E-state index contributed by atoms with van der Waals surface area (Å²) in [4.78, 5) is 15.5. The molecule has 0 spiro atoms. The van der Waals surface area contributed by atoms with E-state index in [9.17, 15) is 9.18 Å². The molecule has 5 nitrogen and oxygen atoms in total. The van der Waals surface area contributed by atoms with Crippen LogP contribution in [-0.2, 0) is 4.79 Å². The first kappa shape index (κ1) is 17.2. The van der Waals surface area contributed by atoms with E-state index in [1.807, 2.05) is 29.2 Å². The largest absolute Gasteiger partial charge is 0.497 e. The van der Waals surface area contributed by atoms with E-state index in [1.54, 1.807) is 25.3 Å². The summed E-state index contributed by atoms with van der Waals surface area (Å²) >= 11 is 0. The van der Waals surface area contributed by atoms with Crippen LogP contribution in [0.3, 0.4) is 0 Å². The van der Waals surface area contributed by atoms with E-state index in [2.05, 4.69) is 5.32 Å². The maximum Gasteiger partial charge on any atom is 0.279 e. The van der Waals surface area contributed by atoms with Crippen LogP contribution in [0, 0.1) is 5.82 Å². The lowest BCUT2D eigenvalue weighted by Gasteiger charge is -2.33. The fourth-order valence-electron chi connectivity index (χ4n) is 3.08. The summed E-state index contributed by atoms with van der Waals surface area (Å²) < 4.78 is 19.0. The molecule has 0 aromatic heterocycles. The topological polar surface area (TPSA) is 46.0 Å². The van der Waals surface area contributed by atoms with Gasteiger partial charge < -0.3 is 19.9 Å². The number of hydrogen-bond acceptors (Lipinski definition) is 3. The van der Waals surface area contributed by atoms with Gasteiger partial charge in [0.1, 0.15) is 11.6 Å². The number of rotatable bonds is 5. The van der Waals surface area contributed by atoms with Crippen molar-refractivity contribution in [1.82, 2.24) is 0 Å². The minimum atomic E-state index is -0.193. The first-order chi connectivity index (χ1) is 12.2. The van der Waals surface area contributed by atoms with Crippen LogP contribution in [-0.4, -0.2) is 45.7 Å². The Kier molecular flexibility index (Phi) is 5.50. The predicted molar refractivity (Wildman–Crippen MR) is 95.8 cm³/mol. The molecule has 0 aliphatic carbocycles. The van der Waals surface area contributed by atoms with Crippen molar-refractivity contribution in [3.05, 3.63) is 54.3 Å². The monoisotopic (exact) mass is 344 g/mol. The molecule has 0 unspecified atom stereocenters. The second kappa shape index (κ2) is 7.98. The third kappa shape index (κ3) is 4.48. The van der Waals surface area contributed by atoms with E-state index in [1.165, 1.54) is 11.0 Å². The Balaban J connectivity index is 1.50. The molecule has 0 atom stereocenters. The number of methoxy groups -OCH3 is 1. The lowest BCUT2D eigenvalue weighted by Crippen LogP contribution is -3.15. The van der Waals surface area contributed by atoms with Crippen LogP contribution in [0.25, 0.3) is 0 Å². The molecular weight excluding hydrogens is 321 g/mol. The Labute approximate surface area is 147 Å². The van der Waals surface area contributed by atoms with Crippen molar-refractivity contribution in [3.63, 3.8) is 0 Å². The fourth-order valence-corrected chi connectivity index (χ4v) is 3.08. The van der Waals surface area contributed by atoms with Gasteiger partial charge in [-0.05, 0) is 24.3 Å². The zero-order chi connectivity index (χ0) is 17.6. The Hall–Kier alpha value is -2.60. The zero-order valence-corrected chi connectivity index (χ0v) is 14.3. The predicted octanol–water partition coefficient (Wildman–Crippen LogP) is 1.18. The summed E-state index contributed by atoms with van der Waals surface area (Å²) in [7, 11) is 1.60. The smallest absolute Gasteiger partial charge is 0.279 e. The molecule has 0 bridgehead atoms. The molecule has 25 heavy (non-hydrogen) atoms. The summed E-state index contributed by atoms with van der Waals surface area (Å²) in [5.74, 6) is 0.493. The number of nitrogens with one attached hydrogen (secondary N) is 2. The molecule has 1 fully saturated rings. The van der Waals surface area contributed by atoms with Gasteiger partial charge in [-0.3, -0.25) is 4.79 Å². The van der Waals surface area contributed by atoms with Crippen LogP contribution in [0.2, 0.25) is 0 Å². The van der Waals surface area contributed by atoms with Gasteiger partial charge in [-0.15, -0.1) is 0 Å². The molecule has 6 heteroatoms. The third-order valence-electron chi connectivity index (χ3n) is 4.43. The van der Waals surface area contributed by atoms with Gasteiger partial charge in [0.2, 0.25) is 0 Å². The van der Waals surface area contributed by atoms with Gasteiger partial charge in [0.15, 0.2) is 6.54 Å². The van der Waals surface area contributed by atoms with Gasteiger partial charge in [0.05, 0.1) is 39.0 Å². The van der Waals surface area contributed by atoms with Gasteiger partial charge in [-0.2, -0.15) is 0 Å². The number of amides is 1. The van der Waals surface area contributed by atoms with Crippen molar-refractivity contribution in [2.75, 3.05) is 50.1 Å². The average molecular weight is 344 g/mol. The van der Waals surface area contributed by atoms with E-state index in [4.69, 9.17) is 4.74 Å². The highest BCUT2D eigenvalue weighted by molar-refractivity contribution is 5.91. The first-order valence-corrected chi connectivity index (χ1v) is 8.42. The molecule has 1 heterocycles. The van der Waals surface area contributed by atoms with E-state index in [0.29, 0.717) is 18.0 Å². The van der Waals surface area contributed by atoms with Crippen LogP contribution in [0.1, 0.15) is 0 Å². The summed E-state index contributed by atoms with van der Waals surface area (Å²) in [5, 5.41) is 2.90. The van der Waals surface area contributed by atoms with Crippen molar-refractivity contribution in [2.45, 2.75) is 0 Å².